The molecule has 0 fully saturated rings. The fraction of sp³-hybridized carbons (Fsp3) is 0. The number of carbonyl (C=O) groups is 1. The van der Waals surface area contributed by atoms with E-state index in [1.807, 2.05) is 0 Å². The maximum absolute atomic E-state index is 11.3. The Labute approximate surface area is 136 Å². The molecule has 1 aromatic heterocycles. The van der Waals surface area contributed by atoms with Gasteiger partial charge in [-0.1, -0.05) is 47.5 Å². The molecule has 0 radical (unpaired) electrons. The van der Waals surface area contributed by atoms with Gasteiger partial charge in [0.2, 0.25) is 0 Å². The van der Waals surface area contributed by atoms with Gasteiger partial charge in [0.25, 0.3) is 0 Å². The van der Waals surface area contributed by atoms with Crippen LogP contribution in [0.5, 0.6) is 0 Å². The van der Waals surface area contributed by atoms with Crippen molar-refractivity contribution in [3.63, 3.8) is 0 Å². The zero-order valence-corrected chi connectivity index (χ0v) is 12.7. The van der Waals surface area contributed by atoms with Gasteiger partial charge in [0.1, 0.15) is 0 Å². The molecule has 0 saturated heterocycles. The molecule has 0 aliphatic carbocycles. The van der Waals surface area contributed by atoms with Crippen LogP contribution in [0.4, 0.5) is 0 Å². The third kappa shape index (κ3) is 2.71. The van der Waals surface area contributed by atoms with Crippen molar-refractivity contribution in [1.29, 1.82) is 0 Å². The third-order valence-corrected chi connectivity index (χ3v) is 3.98. The van der Waals surface area contributed by atoms with E-state index in [2.05, 4.69) is 10.2 Å². The average Bonchev–Trinajstić information content (AvgIpc) is 3.00. The molecule has 0 atom stereocenters. The second kappa shape index (κ2) is 5.83. The van der Waals surface area contributed by atoms with Gasteiger partial charge in [0.15, 0.2) is 0 Å². The number of aromatic amines is 1. The smallest absolute Gasteiger partial charge is 0.336 e. The van der Waals surface area contributed by atoms with E-state index in [-0.39, 0.29) is 5.56 Å². The Morgan fingerprint density at radius 1 is 1.05 bits per heavy atom. The number of rotatable bonds is 3. The predicted molar refractivity (Wildman–Crippen MR) is 86.4 cm³/mol. The molecule has 1 heterocycles. The van der Waals surface area contributed by atoms with Crippen molar-refractivity contribution in [2.45, 2.75) is 0 Å². The fourth-order valence-electron chi connectivity index (χ4n) is 2.17. The van der Waals surface area contributed by atoms with Crippen LogP contribution in [0.2, 0.25) is 10.0 Å². The highest BCUT2D eigenvalue weighted by atomic mass is 35.5. The largest absolute Gasteiger partial charge is 0.478 e. The average molecular weight is 333 g/mol. The molecule has 0 aliphatic rings. The summed E-state index contributed by atoms with van der Waals surface area (Å²) in [7, 11) is 0. The molecule has 0 unspecified atom stereocenters. The second-order valence-electron chi connectivity index (χ2n) is 4.65. The highest BCUT2D eigenvalue weighted by molar-refractivity contribution is 6.42. The lowest BCUT2D eigenvalue weighted by Gasteiger charge is -2.02. The number of H-pyrrole nitrogens is 1. The summed E-state index contributed by atoms with van der Waals surface area (Å²) in [5, 5.41) is 17.2. The molecule has 0 spiro atoms. The molecule has 0 amide bonds. The fourth-order valence-corrected chi connectivity index (χ4v) is 2.47. The van der Waals surface area contributed by atoms with Crippen LogP contribution in [0.15, 0.2) is 48.5 Å². The van der Waals surface area contributed by atoms with Crippen molar-refractivity contribution < 1.29 is 9.90 Å². The van der Waals surface area contributed by atoms with Crippen molar-refractivity contribution in [3.05, 3.63) is 64.1 Å². The summed E-state index contributed by atoms with van der Waals surface area (Å²) in [5.41, 5.74) is 2.87. The molecule has 2 aromatic carbocycles. The molecule has 4 nitrogen and oxygen atoms in total. The van der Waals surface area contributed by atoms with Crippen molar-refractivity contribution in [2.75, 3.05) is 0 Å². The zero-order chi connectivity index (χ0) is 15.7. The molecule has 110 valence electrons. The van der Waals surface area contributed by atoms with Crippen LogP contribution in [0.1, 0.15) is 10.4 Å². The number of benzene rings is 2. The predicted octanol–water partition coefficient (Wildman–Crippen LogP) is 4.75. The lowest BCUT2D eigenvalue weighted by molar-refractivity contribution is 0.0697. The molecular formula is C16H10Cl2N2O2. The number of halogens is 2. The highest BCUT2D eigenvalue weighted by Crippen LogP contribution is 2.30. The lowest BCUT2D eigenvalue weighted by Crippen LogP contribution is -1.98. The van der Waals surface area contributed by atoms with Crippen LogP contribution in [-0.2, 0) is 0 Å². The molecule has 0 saturated carbocycles. The lowest BCUT2D eigenvalue weighted by atomic mass is 10.0. The summed E-state index contributed by atoms with van der Waals surface area (Å²) >= 11 is 11.9. The van der Waals surface area contributed by atoms with Gasteiger partial charge in [0.05, 0.1) is 27.0 Å². The molecule has 22 heavy (non-hydrogen) atoms. The van der Waals surface area contributed by atoms with E-state index in [0.29, 0.717) is 27.0 Å². The number of nitrogens with zero attached hydrogens (tertiary/aromatic N) is 1. The van der Waals surface area contributed by atoms with Gasteiger partial charge in [-0.05, 0) is 24.3 Å². The van der Waals surface area contributed by atoms with E-state index in [1.54, 1.807) is 48.5 Å². The van der Waals surface area contributed by atoms with E-state index >= 15 is 0 Å². The van der Waals surface area contributed by atoms with Crippen molar-refractivity contribution in [3.8, 4) is 22.5 Å². The van der Waals surface area contributed by atoms with Crippen LogP contribution in [0, 0.1) is 0 Å². The number of carboxylic acid groups (broad SMARTS) is 1. The molecule has 3 rings (SSSR count). The van der Waals surface area contributed by atoms with Crippen LogP contribution >= 0.6 is 23.2 Å². The molecule has 2 N–H and O–H groups in total. The van der Waals surface area contributed by atoms with Gasteiger partial charge < -0.3 is 5.11 Å². The van der Waals surface area contributed by atoms with Gasteiger partial charge in [0, 0.05) is 11.1 Å². The first-order chi connectivity index (χ1) is 10.6. The minimum atomic E-state index is -0.985. The normalized spacial score (nSPS) is 10.6. The number of nitrogens with one attached hydrogen (secondary N) is 1. The van der Waals surface area contributed by atoms with E-state index < -0.39 is 5.97 Å². The summed E-state index contributed by atoms with van der Waals surface area (Å²) in [4.78, 5) is 11.3. The number of aromatic nitrogens is 2. The Hall–Kier alpha value is -2.30. The van der Waals surface area contributed by atoms with Gasteiger partial charge in [-0.15, -0.1) is 0 Å². The van der Waals surface area contributed by atoms with Crippen LogP contribution < -0.4 is 0 Å². The van der Waals surface area contributed by atoms with Gasteiger partial charge in [-0.25, -0.2) is 4.79 Å². The molecule has 0 bridgehead atoms. The first-order valence-corrected chi connectivity index (χ1v) is 7.15. The van der Waals surface area contributed by atoms with Crippen LogP contribution in [0.3, 0.4) is 0 Å². The summed E-state index contributed by atoms with van der Waals surface area (Å²) in [5.74, 6) is -0.985. The van der Waals surface area contributed by atoms with Crippen molar-refractivity contribution in [1.82, 2.24) is 10.2 Å². The van der Waals surface area contributed by atoms with Gasteiger partial charge >= 0.3 is 5.97 Å². The van der Waals surface area contributed by atoms with E-state index in [0.717, 1.165) is 5.56 Å². The standard InChI is InChI=1S/C16H10Cl2N2O2/c17-12-6-5-9(7-13(12)18)14-8-15(20-19-14)10-3-1-2-4-11(10)16(21)22/h1-8H,(H,19,20)(H,21,22). The number of hydrogen-bond donors (Lipinski definition) is 2. The van der Waals surface area contributed by atoms with E-state index in [9.17, 15) is 9.90 Å². The maximum Gasteiger partial charge on any atom is 0.336 e. The van der Waals surface area contributed by atoms with Crippen LogP contribution in [0.25, 0.3) is 22.5 Å². The topological polar surface area (TPSA) is 66.0 Å². The van der Waals surface area contributed by atoms with Crippen LogP contribution in [-0.4, -0.2) is 21.3 Å². The molecule has 3 aromatic rings. The number of hydrogen-bond acceptors (Lipinski definition) is 2. The van der Waals surface area contributed by atoms with Crippen molar-refractivity contribution in [2.24, 2.45) is 0 Å². The minimum absolute atomic E-state index is 0.215. The third-order valence-electron chi connectivity index (χ3n) is 3.24. The van der Waals surface area contributed by atoms with E-state index in [1.165, 1.54) is 0 Å². The first kappa shape index (κ1) is 14.6. The summed E-state index contributed by atoms with van der Waals surface area (Å²) in [6.45, 7) is 0. The Kier molecular flexibility index (Phi) is 3.88. The Balaban J connectivity index is 2.04. The Bertz CT molecular complexity index is 859. The SMILES string of the molecule is O=C(O)c1ccccc1-c1cc(-c2ccc(Cl)c(Cl)c2)n[nH]1. The monoisotopic (exact) mass is 332 g/mol. The summed E-state index contributed by atoms with van der Waals surface area (Å²) in [6.07, 6.45) is 0. The first-order valence-electron chi connectivity index (χ1n) is 6.40. The second-order valence-corrected chi connectivity index (χ2v) is 5.46. The van der Waals surface area contributed by atoms with Gasteiger partial charge in [-0.2, -0.15) is 5.10 Å². The zero-order valence-electron chi connectivity index (χ0n) is 11.2. The Morgan fingerprint density at radius 2 is 1.82 bits per heavy atom. The highest BCUT2D eigenvalue weighted by Gasteiger charge is 2.14. The maximum atomic E-state index is 11.3. The summed E-state index contributed by atoms with van der Waals surface area (Å²) in [6, 6.07) is 13.7. The molecule has 6 heteroatoms. The summed E-state index contributed by atoms with van der Waals surface area (Å²) < 4.78 is 0. The van der Waals surface area contributed by atoms with E-state index in [4.69, 9.17) is 23.2 Å². The molecular weight excluding hydrogens is 323 g/mol. The number of carboxylic acids is 1. The van der Waals surface area contributed by atoms with Gasteiger partial charge in [-0.3, -0.25) is 5.10 Å². The van der Waals surface area contributed by atoms with Crippen molar-refractivity contribution >= 4 is 29.2 Å². The quantitative estimate of drug-likeness (QED) is 0.727. The minimum Gasteiger partial charge on any atom is -0.478 e. The molecule has 0 aliphatic heterocycles. The number of aromatic carboxylic acids is 1. The Morgan fingerprint density at radius 3 is 2.55 bits per heavy atom.